The van der Waals surface area contributed by atoms with E-state index in [1.165, 1.54) is 80.9 Å². The Labute approximate surface area is 220 Å². The fraction of sp³-hybridized carbons (Fsp3) is 0.471. The van der Waals surface area contributed by atoms with Crippen LogP contribution >= 0.6 is 0 Å². The quantitative estimate of drug-likeness (QED) is 0.177. The van der Waals surface area contributed by atoms with Crippen molar-refractivity contribution in [2.75, 3.05) is 0 Å². The van der Waals surface area contributed by atoms with Crippen LogP contribution in [0, 0.1) is 0 Å². The Morgan fingerprint density at radius 1 is 0.556 bits per heavy atom. The number of benzene rings is 3. The van der Waals surface area contributed by atoms with Crippen molar-refractivity contribution >= 4 is 0 Å². The Bertz CT molecular complexity index is 958. The standard InChI is InChI=1S/C34H46O2/c1-4-6-8-10-12-14-29-15-19-31(20-16-29)32-21-25-33(26-22-32)35-27-30-17-23-34(24-18-30)36-28(3)13-11-9-7-5-2/h15-26,28H,4-14,27H2,1-3H3. The molecule has 2 nitrogen and oxygen atoms in total. The lowest BCUT2D eigenvalue weighted by molar-refractivity contribution is 0.206. The van der Waals surface area contributed by atoms with E-state index in [1.54, 1.807) is 0 Å². The first-order chi connectivity index (χ1) is 17.7. The molecule has 0 bridgehead atoms. The van der Waals surface area contributed by atoms with Crippen LogP contribution in [-0.2, 0) is 13.0 Å². The lowest BCUT2D eigenvalue weighted by atomic mass is 10.0. The molecule has 0 spiro atoms. The van der Waals surface area contributed by atoms with E-state index in [-0.39, 0.29) is 6.10 Å². The number of rotatable bonds is 17. The minimum absolute atomic E-state index is 0.259. The first-order valence-electron chi connectivity index (χ1n) is 14.3. The Kier molecular flexibility index (Phi) is 12.4. The largest absolute Gasteiger partial charge is 0.491 e. The molecule has 3 rings (SSSR count). The van der Waals surface area contributed by atoms with Gasteiger partial charge >= 0.3 is 0 Å². The van der Waals surface area contributed by atoms with Gasteiger partial charge in [-0.3, -0.25) is 0 Å². The highest BCUT2D eigenvalue weighted by molar-refractivity contribution is 5.64. The lowest BCUT2D eigenvalue weighted by Crippen LogP contribution is -2.11. The van der Waals surface area contributed by atoms with Crippen LogP contribution in [0.4, 0.5) is 0 Å². The summed E-state index contributed by atoms with van der Waals surface area (Å²) in [5.41, 5.74) is 5.06. The van der Waals surface area contributed by atoms with Crippen LogP contribution in [0.1, 0.15) is 96.1 Å². The van der Waals surface area contributed by atoms with E-state index in [2.05, 4.69) is 93.6 Å². The van der Waals surface area contributed by atoms with Gasteiger partial charge in [0.2, 0.25) is 0 Å². The SMILES string of the molecule is CCCCCCCc1ccc(-c2ccc(OCc3ccc(OC(C)CCCCCC)cc3)cc2)cc1. The summed E-state index contributed by atoms with van der Waals surface area (Å²) in [5.74, 6) is 1.83. The van der Waals surface area contributed by atoms with Crippen molar-refractivity contribution in [1.82, 2.24) is 0 Å². The highest BCUT2D eigenvalue weighted by Gasteiger charge is 2.05. The van der Waals surface area contributed by atoms with Crippen LogP contribution in [-0.4, -0.2) is 6.10 Å². The summed E-state index contributed by atoms with van der Waals surface area (Å²) in [6.45, 7) is 7.23. The molecule has 0 N–H and O–H groups in total. The Morgan fingerprint density at radius 2 is 1.08 bits per heavy atom. The van der Waals surface area contributed by atoms with Gasteiger partial charge in [-0.1, -0.05) is 107 Å². The topological polar surface area (TPSA) is 18.5 Å². The van der Waals surface area contributed by atoms with Crippen LogP contribution in [0.2, 0.25) is 0 Å². The van der Waals surface area contributed by atoms with Gasteiger partial charge in [0.25, 0.3) is 0 Å². The van der Waals surface area contributed by atoms with E-state index < -0.39 is 0 Å². The second-order valence-electron chi connectivity index (χ2n) is 10.1. The summed E-state index contributed by atoms with van der Waals surface area (Å²) in [4.78, 5) is 0. The zero-order valence-corrected chi connectivity index (χ0v) is 22.8. The summed E-state index contributed by atoms with van der Waals surface area (Å²) in [6, 6.07) is 25.8. The zero-order valence-electron chi connectivity index (χ0n) is 22.8. The zero-order chi connectivity index (χ0) is 25.4. The van der Waals surface area contributed by atoms with E-state index in [1.807, 2.05) is 0 Å². The maximum Gasteiger partial charge on any atom is 0.119 e. The Balaban J connectivity index is 1.41. The molecule has 3 aromatic rings. The normalized spacial score (nSPS) is 11.9. The van der Waals surface area contributed by atoms with E-state index in [9.17, 15) is 0 Å². The van der Waals surface area contributed by atoms with Crippen molar-refractivity contribution in [3.8, 4) is 22.6 Å². The molecule has 194 valence electrons. The van der Waals surface area contributed by atoms with Crippen LogP contribution in [0.25, 0.3) is 11.1 Å². The maximum atomic E-state index is 6.07. The van der Waals surface area contributed by atoms with Gasteiger partial charge in [-0.2, -0.15) is 0 Å². The predicted octanol–water partition coefficient (Wildman–Crippen LogP) is 10.2. The number of aryl methyl sites for hydroxylation is 1. The fourth-order valence-corrected chi connectivity index (χ4v) is 4.52. The van der Waals surface area contributed by atoms with Gasteiger partial charge in [0, 0.05) is 0 Å². The van der Waals surface area contributed by atoms with Crippen LogP contribution in [0.3, 0.4) is 0 Å². The van der Waals surface area contributed by atoms with Gasteiger partial charge in [-0.15, -0.1) is 0 Å². The molecule has 1 unspecified atom stereocenters. The Morgan fingerprint density at radius 3 is 1.72 bits per heavy atom. The second-order valence-corrected chi connectivity index (χ2v) is 10.1. The van der Waals surface area contributed by atoms with Crippen molar-refractivity contribution in [2.45, 2.75) is 104 Å². The fourth-order valence-electron chi connectivity index (χ4n) is 4.52. The predicted molar refractivity (Wildman–Crippen MR) is 154 cm³/mol. The van der Waals surface area contributed by atoms with Gasteiger partial charge in [-0.25, -0.2) is 0 Å². The van der Waals surface area contributed by atoms with E-state index in [4.69, 9.17) is 9.47 Å². The van der Waals surface area contributed by atoms with Gasteiger partial charge < -0.3 is 9.47 Å². The first-order valence-corrected chi connectivity index (χ1v) is 14.3. The molecule has 0 saturated carbocycles. The van der Waals surface area contributed by atoms with E-state index in [0.29, 0.717) is 6.61 Å². The molecule has 36 heavy (non-hydrogen) atoms. The molecule has 0 aliphatic heterocycles. The molecule has 1 atom stereocenters. The van der Waals surface area contributed by atoms with Gasteiger partial charge in [0.1, 0.15) is 18.1 Å². The highest BCUT2D eigenvalue weighted by atomic mass is 16.5. The second kappa shape index (κ2) is 16.1. The van der Waals surface area contributed by atoms with Crippen LogP contribution in [0.15, 0.2) is 72.8 Å². The number of ether oxygens (including phenoxy) is 2. The average molecular weight is 487 g/mol. The molecule has 0 aliphatic rings. The summed E-state index contributed by atoms with van der Waals surface area (Å²) >= 11 is 0. The van der Waals surface area contributed by atoms with Gasteiger partial charge in [0.15, 0.2) is 0 Å². The molecule has 3 aromatic carbocycles. The van der Waals surface area contributed by atoms with Crippen molar-refractivity contribution in [2.24, 2.45) is 0 Å². The van der Waals surface area contributed by atoms with Crippen molar-refractivity contribution in [1.29, 1.82) is 0 Å². The molecule has 0 fully saturated rings. The monoisotopic (exact) mass is 486 g/mol. The molecule has 0 aliphatic carbocycles. The maximum absolute atomic E-state index is 6.07. The Hall–Kier alpha value is -2.74. The van der Waals surface area contributed by atoms with Crippen molar-refractivity contribution in [3.63, 3.8) is 0 Å². The molecule has 0 aromatic heterocycles. The van der Waals surface area contributed by atoms with E-state index in [0.717, 1.165) is 23.5 Å². The number of hydrogen-bond donors (Lipinski definition) is 0. The van der Waals surface area contributed by atoms with Crippen LogP contribution in [0.5, 0.6) is 11.5 Å². The molecular weight excluding hydrogens is 440 g/mol. The summed E-state index contributed by atoms with van der Waals surface area (Å²) < 4.78 is 12.1. The average Bonchev–Trinajstić information content (AvgIpc) is 2.91. The minimum atomic E-state index is 0.259. The third kappa shape index (κ3) is 10.1. The first kappa shape index (κ1) is 27.8. The number of unbranched alkanes of at least 4 members (excludes halogenated alkanes) is 7. The van der Waals surface area contributed by atoms with Crippen molar-refractivity contribution in [3.05, 3.63) is 83.9 Å². The summed E-state index contributed by atoms with van der Waals surface area (Å²) in [6.07, 6.45) is 14.3. The van der Waals surface area contributed by atoms with Gasteiger partial charge in [0.05, 0.1) is 6.10 Å². The summed E-state index contributed by atoms with van der Waals surface area (Å²) in [7, 11) is 0. The molecule has 0 heterocycles. The molecular formula is C34H46O2. The highest BCUT2D eigenvalue weighted by Crippen LogP contribution is 2.24. The molecule has 2 heteroatoms. The smallest absolute Gasteiger partial charge is 0.119 e. The summed E-state index contributed by atoms with van der Waals surface area (Å²) in [5, 5.41) is 0. The third-order valence-electron chi connectivity index (χ3n) is 6.84. The molecule has 0 amide bonds. The molecule has 0 radical (unpaired) electrons. The van der Waals surface area contributed by atoms with Crippen molar-refractivity contribution < 1.29 is 9.47 Å². The lowest BCUT2D eigenvalue weighted by Gasteiger charge is -2.15. The minimum Gasteiger partial charge on any atom is -0.491 e. The van der Waals surface area contributed by atoms with Crippen LogP contribution < -0.4 is 9.47 Å². The van der Waals surface area contributed by atoms with E-state index >= 15 is 0 Å². The third-order valence-corrected chi connectivity index (χ3v) is 6.84. The van der Waals surface area contributed by atoms with Gasteiger partial charge in [-0.05, 0) is 79.1 Å². The molecule has 0 saturated heterocycles. The number of hydrogen-bond acceptors (Lipinski definition) is 2.